The summed E-state index contributed by atoms with van der Waals surface area (Å²) in [5.41, 5.74) is 0.669. The smallest absolute Gasteiger partial charge is 0.312 e. The van der Waals surface area contributed by atoms with Crippen molar-refractivity contribution >= 4 is 45.3 Å². The van der Waals surface area contributed by atoms with Crippen LogP contribution in [0, 0.1) is 10.1 Å². The van der Waals surface area contributed by atoms with Gasteiger partial charge >= 0.3 is 5.69 Å². The Labute approximate surface area is 134 Å². The summed E-state index contributed by atoms with van der Waals surface area (Å²) < 4.78 is 0.506. The van der Waals surface area contributed by atoms with Crippen LogP contribution in [0.2, 0.25) is 0 Å². The predicted molar refractivity (Wildman–Crippen MR) is 87.9 cm³/mol. The van der Waals surface area contributed by atoms with Crippen LogP contribution in [0.1, 0.15) is 5.56 Å². The Hall–Kier alpha value is -1.86. The van der Waals surface area contributed by atoms with E-state index in [1.165, 1.54) is 12.3 Å². The first-order valence-corrected chi connectivity index (χ1v) is 7.88. The van der Waals surface area contributed by atoms with Gasteiger partial charge in [-0.2, -0.15) is 0 Å². The van der Waals surface area contributed by atoms with E-state index in [1.807, 2.05) is 30.5 Å². The van der Waals surface area contributed by atoms with Crippen LogP contribution in [-0.4, -0.2) is 22.5 Å². The molecule has 0 aromatic heterocycles. The minimum Gasteiger partial charge on any atom is -0.502 e. The number of aromatic hydroxyl groups is 1. The Kier molecular flexibility index (Phi) is 4.98. The number of para-hydroxylation sites is 1. The number of nitro benzene ring substituents is 1. The van der Waals surface area contributed by atoms with Gasteiger partial charge in [-0.05, 0) is 24.5 Å². The average molecular weight is 367 g/mol. The molecular weight excluding hydrogens is 356 g/mol. The molecule has 108 valence electrons. The van der Waals surface area contributed by atoms with E-state index in [4.69, 9.17) is 0 Å². The van der Waals surface area contributed by atoms with Crippen LogP contribution in [0.5, 0.6) is 5.75 Å². The Morgan fingerprint density at radius 3 is 2.76 bits per heavy atom. The van der Waals surface area contributed by atoms with E-state index < -0.39 is 10.7 Å². The van der Waals surface area contributed by atoms with Crippen molar-refractivity contribution in [1.29, 1.82) is 0 Å². The molecule has 0 fully saturated rings. The summed E-state index contributed by atoms with van der Waals surface area (Å²) in [6.45, 7) is 0. The van der Waals surface area contributed by atoms with Crippen molar-refractivity contribution in [3.8, 4) is 5.75 Å². The quantitative estimate of drug-likeness (QED) is 0.373. The maximum Gasteiger partial charge on any atom is 0.312 e. The molecule has 0 atom stereocenters. The number of phenolic OH excluding ortho intramolecular Hbond substituents is 1. The molecule has 0 amide bonds. The first-order valence-electron chi connectivity index (χ1n) is 5.87. The Morgan fingerprint density at radius 2 is 2.10 bits per heavy atom. The molecule has 7 heteroatoms. The van der Waals surface area contributed by atoms with Gasteiger partial charge in [-0.1, -0.05) is 28.1 Å². The second kappa shape index (κ2) is 6.73. The van der Waals surface area contributed by atoms with E-state index in [9.17, 15) is 15.2 Å². The molecule has 0 bridgehead atoms. The molecule has 2 aromatic carbocycles. The van der Waals surface area contributed by atoms with Crippen molar-refractivity contribution in [3.05, 3.63) is 56.5 Å². The summed E-state index contributed by atoms with van der Waals surface area (Å²) in [7, 11) is 0. The van der Waals surface area contributed by atoms with Gasteiger partial charge in [0.05, 0.1) is 10.6 Å². The number of thioether (sulfide) groups is 1. The second-order valence-electron chi connectivity index (χ2n) is 4.05. The van der Waals surface area contributed by atoms with Crippen LogP contribution in [0.25, 0.3) is 0 Å². The highest BCUT2D eigenvalue weighted by Crippen LogP contribution is 2.33. The number of nitro groups is 1. The van der Waals surface area contributed by atoms with Crippen LogP contribution in [0.3, 0.4) is 0 Å². The second-order valence-corrected chi connectivity index (χ2v) is 5.81. The summed E-state index contributed by atoms with van der Waals surface area (Å²) in [4.78, 5) is 15.5. The number of nitrogens with zero attached hydrogens (tertiary/aromatic N) is 2. The molecule has 5 nitrogen and oxygen atoms in total. The van der Waals surface area contributed by atoms with Crippen molar-refractivity contribution < 1.29 is 10.0 Å². The maximum absolute atomic E-state index is 10.9. The Bertz CT molecular complexity index is 719. The third kappa shape index (κ3) is 3.62. The zero-order chi connectivity index (χ0) is 15.4. The van der Waals surface area contributed by atoms with Crippen molar-refractivity contribution in [1.82, 2.24) is 0 Å². The summed E-state index contributed by atoms with van der Waals surface area (Å²) in [5.74, 6) is -0.395. The van der Waals surface area contributed by atoms with E-state index in [2.05, 4.69) is 20.9 Å². The normalized spacial score (nSPS) is 11.0. The van der Waals surface area contributed by atoms with Crippen molar-refractivity contribution in [2.24, 2.45) is 4.99 Å². The highest BCUT2D eigenvalue weighted by Gasteiger charge is 2.17. The Morgan fingerprint density at radius 1 is 1.38 bits per heavy atom. The largest absolute Gasteiger partial charge is 0.502 e. The fourth-order valence-corrected chi connectivity index (χ4v) is 2.73. The van der Waals surface area contributed by atoms with Gasteiger partial charge in [0, 0.05) is 27.2 Å². The van der Waals surface area contributed by atoms with Gasteiger partial charge in [-0.15, -0.1) is 11.8 Å². The summed E-state index contributed by atoms with van der Waals surface area (Å²) in [6.07, 6.45) is 3.36. The summed E-state index contributed by atoms with van der Waals surface area (Å²) in [6, 6.07) is 10.4. The summed E-state index contributed by atoms with van der Waals surface area (Å²) >= 11 is 4.74. The van der Waals surface area contributed by atoms with E-state index in [1.54, 1.807) is 17.8 Å². The first-order chi connectivity index (χ1) is 10.0. The summed E-state index contributed by atoms with van der Waals surface area (Å²) in [5, 5.41) is 20.8. The van der Waals surface area contributed by atoms with Crippen molar-refractivity contribution in [3.63, 3.8) is 0 Å². The van der Waals surface area contributed by atoms with E-state index in [-0.39, 0.29) is 11.3 Å². The molecule has 0 saturated heterocycles. The topological polar surface area (TPSA) is 75.7 Å². The number of aliphatic imine (C=N–C) groups is 1. The lowest BCUT2D eigenvalue weighted by Gasteiger charge is -2.03. The number of halogens is 1. The maximum atomic E-state index is 10.9. The van der Waals surface area contributed by atoms with Gasteiger partial charge in [-0.3, -0.25) is 15.1 Å². The van der Waals surface area contributed by atoms with Gasteiger partial charge in [0.15, 0.2) is 0 Å². The molecule has 0 unspecified atom stereocenters. The lowest BCUT2D eigenvalue weighted by Crippen LogP contribution is -1.92. The molecule has 0 aliphatic rings. The molecular formula is C14H11BrN2O3S. The molecule has 21 heavy (non-hydrogen) atoms. The van der Waals surface area contributed by atoms with Gasteiger partial charge in [0.25, 0.3) is 0 Å². The van der Waals surface area contributed by atoms with E-state index >= 15 is 0 Å². The number of benzene rings is 2. The molecule has 0 radical (unpaired) electrons. The minimum absolute atomic E-state index is 0.284. The SMILES string of the molecule is CSc1ccccc1N=Cc1cc(Br)cc([N+](=O)[O-])c1O. The van der Waals surface area contributed by atoms with E-state index in [0.717, 1.165) is 10.6 Å². The zero-order valence-electron chi connectivity index (χ0n) is 11.0. The third-order valence-electron chi connectivity index (χ3n) is 2.71. The Balaban J connectivity index is 2.44. The average Bonchev–Trinajstić information content (AvgIpc) is 2.47. The molecule has 0 aliphatic heterocycles. The van der Waals surface area contributed by atoms with Gasteiger partial charge in [0.2, 0.25) is 5.75 Å². The molecule has 2 rings (SSSR count). The fraction of sp³-hybridized carbons (Fsp3) is 0.0714. The van der Waals surface area contributed by atoms with Crippen molar-refractivity contribution in [2.45, 2.75) is 4.90 Å². The molecule has 0 saturated carbocycles. The number of rotatable bonds is 4. The minimum atomic E-state index is -0.632. The van der Waals surface area contributed by atoms with E-state index in [0.29, 0.717) is 4.47 Å². The number of hydrogen-bond acceptors (Lipinski definition) is 5. The van der Waals surface area contributed by atoms with Gasteiger partial charge < -0.3 is 5.11 Å². The highest BCUT2D eigenvalue weighted by atomic mass is 79.9. The number of phenols is 1. The molecule has 0 spiro atoms. The zero-order valence-corrected chi connectivity index (χ0v) is 13.4. The standard InChI is InChI=1S/C14H11BrN2O3S/c1-21-13-5-3-2-4-11(13)16-8-9-6-10(15)7-12(14(9)18)17(19)20/h2-8,18H,1H3. The lowest BCUT2D eigenvalue weighted by atomic mass is 10.2. The monoisotopic (exact) mass is 366 g/mol. The molecule has 1 N–H and O–H groups in total. The van der Waals surface area contributed by atoms with Crippen LogP contribution in [0.15, 0.2) is 50.8 Å². The van der Waals surface area contributed by atoms with Gasteiger partial charge in [0.1, 0.15) is 0 Å². The van der Waals surface area contributed by atoms with Crippen LogP contribution in [-0.2, 0) is 0 Å². The predicted octanol–water partition coefficient (Wildman–Crippen LogP) is 4.54. The first kappa shape index (κ1) is 15.5. The van der Waals surface area contributed by atoms with Crippen molar-refractivity contribution in [2.75, 3.05) is 6.26 Å². The molecule has 2 aromatic rings. The molecule has 0 aliphatic carbocycles. The lowest BCUT2D eigenvalue weighted by molar-refractivity contribution is -0.385. The van der Waals surface area contributed by atoms with Crippen LogP contribution < -0.4 is 0 Å². The van der Waals surface area contributed by atoms with Gasteiger partial charge in [-0.25, -0.2) is 0 Å². The fourth-order valence-electron chi connectivity index (χ4n) is 1.72. The third-order valence-corrected chi connectivity index (χ3v) is 3.95. The highest BCUT2D eigenvalue weighted by molar-refractivity contribution is 9.10. The van der Waals surface area contributed by atoms with Crippen LogP contribution in [0.4, 0.5) is 11.4 Å². The number of hydrogen-bond donors (Lipinski definition) is 1. The molecule has 0 heterocycles. The van der Waals surface area contributed by atoms with Crippen LogP contribution >= 0.6 is 27.7 Å².